The number of hydrogen-bond donors (Lipinski definition) is 1. The molecule has 3 nitrogen and oxygen atoms in total. The Hall–Kier alpha value is -0.870. The van der Waals surface area contributed by atoms with Gasteiger partial charge < -0.3 is 5.11 Å². The van der Waals surface area contributed by atoms with Crippen LogP contribution in [-0.2, 0) is 11.3 Å². The minimum absolute atomic E-state index is 0.440. The van der Waals surface area contributed by atoms with Crippen LogP contribution in [0.2, 0.25) is 0 Å². The molecule has 0 fully saturated rings. The number of nitrogens with zero attached hydrogens (tertiary/aromatic N) is 1. The van der Waals surface area contributed by atoms with Crippen LogP contribution in [0.5, 0.6) is 0 Å². The molecular weight excluding hydrogens is 210 g/mol. The molecule has 1 atom stereocenters. The molecule has 0 aliphatic heterocycles. The maximum absolute atomic E-state index is 10.8. The van der Waals surface area contributed by atoms with Crippen molar-refractivity contribution in [3.63, 3.8) is 0 Å². The lowest BCUT2D eigenvalue weighted by Gasteiger charge is -2.20. The van der Waals surface area contributed by atoms with E-state index in [-0.39, 0.29) is 0 Å². The Morgan fingerprint density at radius 2 is 2.20 bits per heavy atom. The molecule has 15 heavy (non-hydrogen) atoms. The van der Waals surface area contributed by atoms with Gasteiger partial charge in [0.2, 0.25) is 0 Å². The molecule has 0 aromatic carbocycles. The van der Waals surface area contributed by atoms with Crippen LogP contribution >= 0.6 is 11.3 Å². The molecular formula is C11H17NO2S. The second-order valence-electron chi connectivity index (χ2n) is 3.87. The molecule has 0 saturated carbocycles. The van der Waals surface area contributed by atoms with Crippen LogP contribution in [0.3, 0.4) is 0 Å². The summed E-state index contributed by atoms with van der Waals surface area (Å²) in [6.07, 6.45) is 0. The van der Waals surface area contributed by atoms with Crippen molar-refractivity contribution in [3.05, 3.63) is 21.4 Å². The van der Waals surface area contributed by atoms with Crippen LogP contribution in [0.15, 0.2) is 6.07 Å². The fourth-order valence-electron chi connectivity index (χ4n) is 1.43. The zero-order chi connectivity index (χ0) is 11.6. The van der Waals surface area contributed by atoms with Gasteiger partial charge in [0.1, 0.15) is 6.04 Å². The van der Waals surface area contributed by atoms with E-state index in [1.807, 2.05) is 11.9 Å². The fourth-order valence-corrected chi connectivity index (χ4v) is 2.37. The third-order valence-corrected chi connectivity index (χ3v) is 3.59. The van der Waals surface area contributed by atoms with Crippen molar-refractivity contribution >= 4 is 17.3 Å². The van der Waals surface area contributed by atoms with E-state index in [0.717, 1.165) is 0 Å². The summed E-state index contributed by atoms with van der Waals surface area (Å²) >= 11 is 1.76. The number of aliphatic carboxylic acids is 1. The van der Waals surface area contributed by atoms with Crippen LogP contribution in [0.25, 0.3) is 0 Å². The van der Waals surface area contributed by atoms with E-state index < -0.39 is 12.0 Å². The molecule has 1 heterocycles. The number of carboxylic acid groups (broad SMARTS) is 1. The van der Waals surface area contributed by atoms with Crippen LogP contribution in [0.1, 0.15) is 22.2 Å². The zero-order valence-electron chi connectivity index (χ0n) is 9.57. The minimum atomic E-state index is -0.776. The Morgan fingerprint density at radius 3 is 2.60 bits per heavy atom. The Labute approximate surface area is 94.3 Å². The topological polar surface area (TPSA) is 40.5 Å². The molecule has 1 rings (SSSR count). The second kappa shape index (κ2) is 4.77. The first-order chi connectivity index (χ1) is 6.91. The van der Waals surface area contributed by atoms with Gasteiger partial charge in [-0.1, -0.05) is 0 Å². The van der Waals surface area contributed by atoms with Crippen LogP contribution in [0, 0.1) is 13.8 Å². The first kappa shape index (κ1) is 12.2. The lowest BCUT2D eigenvalue weighted by atomic mass is 10.2. The lowest BCUT2D eigenvalue weighted by Crippen LogP contribution is -2.35. The van der Waals surface area contributed by atoms with Crippen molar-refractivity contribution in [2.24, 2.45) is 0 Å². The molecule has 0 aliphatic rings. The van der Waals surface area contributed by atoms with Gasteiger partial charge in [0.25, 0.3) is 0 Å². The maximum atomic E-state index is 10.8. The Kier molecular flexibility index (Phi) is 3.88. The first-order valence-electron chi connectivity index (χ1n) is 4.90. The van der Waals surface area contributed by atoms with Crippen LogP contribution < -0.4 is 0 Å². The summed E-state index contributed by atoms with van der Waals surface area (Å²) in [5.41, 5.74) is 1.23. The number of carboxylic acids is 1. The average molecular weight is 227 g/mol. The van der Waals surface area contributed by atoms with Gasteiger partial charge >= 0.3 is 5.97 Å². The summed E-state index contributed by atoms with van der Waals surface area (Å²) < 4.78 is 0. The summed E-state index contributed by atoms with van der Waals surface area (Å²) in [6.45, 7) is 6.55. The summed E-state index contributed by atoms with van der Waals surface area (Å²) in [4.78, 5) is 15.2. The van der Waals surface area contributed by atoms with Crippen molar-refractivity contribution in [2.45, 2.75) is 33.4 Å². The molecule has 1 N–H and O–H groups in total. The first-order valence-corrected chi connectivity index (χ1v) is 5.72. The quantitative estimate of drug-likeness (QED) is 0.857. The van der Waals surface area contributed by atoms with Crippen molar-refractivity contribution in [3.8, 4) is 0 Å². The number of hydrogen-bond acceptors (Lipinski definition) is 3. The Balaban J connectivity index is 2.70. The highest BCUT2D eigenvalue weighted by molar-refractivity contribution is 7.12. The van der Waals surface area contributed by atoms with Gasteiger partial charge in [-0.15, -0.1) is 11.3 Å². The number of aryl methyl sites for hydroxylation is 2. The van der Waals surface area contributed by atoms with Crippen molar-refractivity contribution in [1.82, 2.24) is 4.90 Å². The highest BCUT2D eigenvalue weighted by atomic mass is 32.1. The monoisotopic (exact) mass is 227 g/mol. The third kappa shape index (κ3) is 3.04. The molecule has 84 valence electrons. The third-order valence-electron chi connectivity index (χ3n) is 2.58. The van der Waals surface area contributed by atoms with E-state index in [4.69, 9.17) is 5.11 Å². The van der Waals surface area contributed by atoms with E-state index in [2.05, 4.69) is 19.9 Å². The molecule has 4 heteroatoms. The predicted molar refractivity (Wildman–Crippen MR) is 62.4 cm³/mol. The molecule has 0 bridgehead atoms. The van der Waals surface area contributed by atoms with Gasteiger partial charge in [-0.2, -0.15) is 0 Å². The number of thiophene rings is 1. The lowest BCUT2D eigenvalue weighted by molar-refractivity contribution is -0.142. The van der Waals surface area contributed by atoms with Gasteiger partial charge in [-0.05, 0) is 39.4 Å². The Bertz CT molecular complexity index is 359. The normalized spacial score (nSPS) is 13.1. The van der Waals surface area contributed by atoms with Crippen molar-refractivity contribution in [2.75, 3.05) is 7.05 Å². The Morgan fingerprint density at radius 1 is 1.60 bits per heavy atom. The molecule has 0 saturated heterocycles. The van der Waals surface area contributed by atoms with Gasteiger partial charge in [0, 0.05) is 16.3 Å². The summed E-state index contributed by atoms with van der Waals surface area (Å²) in [5.74, 6) is -0.776. The number of rotatable bonds is 4. The summed E-state index contributed by atoms with van der Waals surface area (Å²) in [5, 5.41) is 8.87. The molecule has 0 spiro atoms. The van der Waals surface area contributed by atoms with E-state index in [0.29, 0.717) is 6.54 Å². The summed E-state index contributed by atoms with van der Waals surface area (Å²) in [7, 11) is 1.84. The molecule has 0 amide bonds. The second-order valence-corrected chi connectivity index (χ2v) is 5.33. The number of likely N-dealkylation sites (N-methyl/N-ethyl adjacent to an activating group) is 1. The van der Waals surface area contributed by atoms with Crippen LogP contribution in [-0.4, -0.2) is 29.1 Å². The zero-order valence-corrected chi connectivity index (χ0v) is 10.4. The molecule has 0 aliphatic carbocycles. The highest BCUT2D eigenvalue weighted by Gasteiger charge is 2.17. The van der Waals surface area contributed by atoms with Crippen LogP contribution in [0.4, 0.5) is 0 Å². The van der Waals surface area contributed by atoms with Gasteiger partial charge in [0.05, 0.1) is 0 Å². The van der Waals surface area contributed by atoms with E-state index >= 15 is 0 Å². The minimum Gasteiger partial charge on any atom is -0.480 e. The standard InChI is InChI=1S/C11H17NO2S/c1-7-5-10(9(3)15-7)6-12(4)8(2)11(13)14/h5,8H,6H2,1-4H3,(H,13,14). The average Bonchev–Trinajstić information content (AvgIpc) is 2.43. The molecule has 1 aromatic rings. The molecule has 0 radical (unpaired) electrons. The van der Waals surface area contributed by atoms with Gasteiger partial charge in [-0.25, -0.2) is 0 Å². The van der Waals surface area contributed by atoms with Gasteiger partial charge in [-0.3, -0.25) is 9.69 Å². The maximum Gasteiger partial charge on any atom is 0.320 e. The van der Waals surface area contributed by atoms with E-state index in [1.54, 1.807) is 18.3 Å². The fraction of sp³-hybridized carbons (Fsp3) is 0.545. The van der Waals surface area contributed by atoms with E-state index in [9.17, 15) is 4.79 Å². The van der Waals surface area contributed by atoms with Crippen molar-refractivity contribution < 1.29 is 9.90 Å². The molecule has 1 unspecified atom stereocenters. The SMILES string of the molecule is Cc1cc(CN(C)C(C)C(=O)O)c(C)s1. The number of carbonyl (C=O) groups is 1. The smallest absolute Gasteiger partial charge is 0.320 e. The van der Waals surface area contributed by atoms with Gasteiger partial charge in [0.15, 0.2) is 0 Å². The largest absolute Gasteiger partial charge is 0.480 e. The summed E-state index contributed by atoms with van der Waals surface area (Å²) in [6, 6.07) is 1.69. The highest BCUT2D eigenvalue weighted by Crippen LogP contribution is 2.22. The molecule has 1 aromatic heterocycles. The van der Waals surface area contributed by atoms with E-state index in [1.165, 1.54) is 15.3 Å². The predicted octanol–water partition coefficient (Wildman–Crippen LogP) is 2.27. The van der Waals surface area contributed by atoms with Crippen molar-refractivity contribution in [1.29, 1.82) is 0 Å².